The topological polar surface area (TPSA) is 0 Å². The van der Waals surface area contributed by atoms with Crippen molar-refractivity contribution in [3.63, 3.8) is 0 Å². The van der Waals surface area contributed by atoms with Crippen molar-refractivity contribution in [2.75, 3.05) is 0 Å². The summed E-state index contributed by atoms with van der Waals surface area (Å²) in [6.45, 7) is 9.53. The average molecular weight is 293 g/mol. The second-order valence-electron chi connectivity index (χ2n) is 7.75. The first-order valence-electron chi connectivity index (χ1n) is 9.79. The second-order valence-corrected chi connectivity index (χ2v) is 7.75. The van der Waals surface area contributed by atoms with Gasteiger partial charge in [-0.2, -0.15) is 0 Å². The van der Waals surface area contributed by atoms with Crippen LogP contribution in [0.3, 0.4) is 0 Å². The minimum absolute atomic E-state index is 0.761. The molecule has 0 heteroatoms. The lowest BCUT2D eigenvalue weighted by Crippen LogP contribution is -2.12. The molecule has 124 valence electrons. The fraction of sp³-hybridized carbons (Fsp3) is 0.905. The lowest BCUT2D eigenvalue weighted by atomic mass is 9.83. The van der Waals surface area contributed by atoms with Gasteiger partial charge in [-0.1, -0.05) is 78.4 Å². The highest BCUT2D eigenvalue weighted by atomic mass is 14.5. The molecule has 0 nitrogen and oxygen atoms in total. The van der Waals surface area contributed by atoms with Gasteiger partial charge in [0.25, 0.3) is 0 Å². The second kappa shape index (κ2) is 10.5. The molecule has 1 aliphatic rings. The molecule has 1 rings (SSSR count). The third kappa shape index (κ3) is 7.52. The molecule has 0 spiro atoms. The zero-order valence-corrected chi connectivity index (χ0v) is 15.3. The third-order valence-corrected chi connectivity index (χ3v) is 5.74. The van der Waals surface area contributed by atoms with Crippen molar-refractivity contribution in [2.45, 2.75) is 105 Å². The van der Waals surface area contributed by atoms with Crippen molar-refractivity contribution >= 4 is 0 Å². The average Bonchev–Trinajstić information content (AvgIpc) is 3.26. The Labute approximate surface area is 134 Å². The van der Waals surface area contributed by atoms with Crippen molar-refractivity contribution in [3.05, 3.63) is 12.2 Å². The van der Waals surface area contributed by atoms with Gasteiger partial charge in [0.1, 0.15) is 0 Å². The van der Waals surface area contributed by atoms with Crippen LogP contribution in [0.2, 0.25) is 0 Å². The van der Waals surface area contributed by atoms with E-state index in [0.717, 1.165) is 17.3 Å². The van der Waals surface area contributed by atoms with Crippen LogP contribution in [-0.4, -0.2) is 0 Å². The van der Waals surface area contributed by atoms with E-state index in [1.165, 1.54) is 77.0 Å². The van der Waals surface area contributed by atoms with Gasteiger partial charge in [-0.15, -0.1) is 0 Å². The molecule has 0 amide bonds. The highest BCUT2D eigenvalue weighted by molar-refractivity contribution is 4.97. The SMILES string of the molecule is CCCCCC(C)CC=CCCC(C)C1(CCCC)CC1. The third-order valence-electron chi connectivity index (χ3n) is 5.74. The maximum absolute atomic E-state index is 2.50. The van der Waals surface area contributed by atoms with Crippen LogP contribution in [0.5, 0.6) is 0 Å². The van der Waals surface area contributed by atoms with Crippen molar-refractivity contribution in [1.29, 1.82) is 0 Å². The highest BCUT2D eigenvalue weighted by Crippen LogP contribution is 2.56. The smallest absolute Gasteiger partial charge is 0.0271 e. The van der Waals surface area contributed by atoms with Crippen molar-refractivity contribution < 1.29 is 0 Å². The van der Waals surface area contributed by atoms with Gasteiger partial charge in [-0.05, 0) is 55.8 Å². The van der Waals surface area contributed by atoms with Gasteiger partial charge in [-0.3, -0.25) is 0 Å². The number of rotatable bonds is 13. The largest absolute Gasteiger partial charge is 0.0885 e. The number of allylic oxidation sites excluding steroid dienone is 2. The van der Waals surface area contributed by atoms with Crippen LogP contribution in [-0.2, 0) is 0 Å². The summed E-state index contributed by atoms with van der Waals surface area (Å²) in [5, 5.41) is 0. The fourth-order valence-corrected chi connectivity index (χ4v) is 3.64. The fourth-order valence-electron chi connectivity index (χ4n) is 3.64. The zero-order valence-electron chi connectivity index (χ0n) is 15.3. The van der Waals surface area contributed by atoms with E-state index in [4.69, 9.17) is 0 Å². The number of hydrogen-bond acceptors (Lipinski definition) is 0. The molecule has 1 fully saturated rings. The Bertz CT molecular complexity index is 272. The highest BCUT2D eigenvalue weighted by Gasteiger charge is 2.45. The molecule has 21 heavy (non-hydrogen) atoms. The normalized spacial score (nSPS) is 19.8. The van der Waals surface area contributed by atoms with Crippen molar-refractivity contribution in [2.24, 2.45) is 17.3 Å². The Morgan fingerprint density at radius 3 is 2.24 bits per heavy atom. The minimum Gasteiger partial charge on any atom is -0.0885 e. The van der Waals surface area contributed by atoms with Crippen LogP contribution in [0.4, 0.5) is 0 Å². The van der Waals surface area contributed by atoms with Gasteiger partial charge in [0, 0.05) is 0 Å². The van der Waals surface area contributed by atoms with Gasteiger partial charge >= 0.3 is 0 Å². The quantitative estimate of drug-likeness (QED) is 0.243. The molecule has 1 saturated carbocycles. The van der Waals surface area contributed by atoms with E-state index in [1.807, 2.05) is 0 Å². The minimum atomic E-state index is 0.761. The first kappa shape index (κ1) is 18.8. The van der Waals surface area contributed by atoms with E-state index in [1.54, 1.807) is 0 Å². The first-order chi connectivity index (χ1) is 10.1. The predicted octanol–water partition coefficient (Wildman–Crippen LogP) is 7.54. The standard InChI is InChI=1S/C21H40/c1-5-7-10-13-19(3)14-11-9-12-15-20(4)21(17-18-21)16-8-6-2/h9,11,19-20H,5-8,10,12-18H2,1-4H3. The van der Waals surface area contributed by atoms with Crippen molar-refractivity contribution in [3.8, 4) is 0 Å². The molecule has 0 aromatic rings. The van der Waals surface area contributed by atoms with E-state index in [2.05, 4.69) is 39.8 Å². The molecule has 0 heterocycles. The molecule has 0 aliphatic heterocycles. The van der Waals surface area contributed by atoms with Gasteiger partial charge in [0.05, 0.1) is 0 Å². The van der Waals surface area contributed by atoms with Gasteiger partial charge in [-0.25, -0.2) is 0 Å². The molecule has 1 aliphatic carbocycles. The molecule has 0 N–H and O–H groups in total. The van der Waals surface area contributed by atoms with E-state index < -0.39 is 0 Å². The molecule has 0 aromatic heterocycles. The Hall–Kier alpha value is -0.260. The van der Waals surface area contributed by atoms with Crippen molar-refractivity contribution in [1.82, 2.24) is 0 Å². The van der Waals surface area contributed by atoms with E-state index in [-0.39, 0.29) is 0 Å². The summed E-state index contributed by atoms with van der Waals surface area (Å²) in [7, 11) is 0. The molecular formula is C21H40. The summed E-state index contributed by atoms with van der Waals surface area (Å²) >= 11 is 0. The molecule has 2 atom stereocenters. The van der Waals surface area contributed by atoms with E-state index >= 15 is 0 Å². The van der Waals surface area contributed by atoms with Crippen LogP contribution in [0, 0.1) is 17.3 Å². The Morgan fingerprint density at radius 2 is 1.62 bits per heavy atom. The summed E-state index contributed by atoms with van der Waals surface area (Å²) in [4.78, 5) is 0. The summed E-state index contributed by atoms with van der Waals surface area (Å²) in [6.07, 6.45) is 21.8. The van der Waals surface area contributed by atoms with Crippen LogP contribution in [0.25, 0.3) is 0 Å². The molecule has 0 bridgehead atoms. The lowest BCUT2D eigenvalue weighted by molar-refractivity contribution is 0.287. The van der Waals surface area contributed by atoms with Gasteiger partial charge in [0.2, 0.25) is 0 Å². The predicted molar refractivity (Wildman–Crippen MR) is 96.7 cm³/mol. The lowest BCUT2D eigenvalue weighted by Gasteiger charge is -2.22. The first-order valence-corrected chi connectivity index (χ1v) is 9.79. The Kier molecular flexibility index (Phi) is 9.36. The number of hydrogen-bond donors (Lipinski definition) is 0. The maximum Gasteiger partial charge on any atom is -0.0271 e. The Balaban J connectivity index is 2.08. The monoisotopic (exact) mass is 292 g/mol. The molecule has 2 unspecified atom stereocenters. The molecule has 0 radical (unpaired) electrons. The van der Waals surface area contributed by atoms with Crippen LogP contribution < -0.4 is 0 Å². The summed E-state index contributed by atoms with van der Waals surface area (Å²) in [5.41, 5.74) is 0.761. The number of unbranched alkanes of at least 4 members (excludes halogenated alkanes) is 3. The summed E-state index contributed by atoms with van der Waals surface area (Å²) in [6, 6.07) is 0. The summed E-state index contributed by atoms with van der Waals surface area (Å²) in [5.74, 6) is 1.82. The molecule has 0 saturated heterocycles. The van der Waals surface area contributed by atoms with Crippen LogP contribution in [0.1, 0.15) is 105 Å². The van der Waals surface area contributed by atoms with Gasteiger partial charge < -0.3 is 0 Å². The van der Waals surface area contributed by atoms with Gasteiger partial charge in [0.15, 0.2) is 0 Å². The molecular weight excluding hydrogens is 252 g/mol. The van der Waals surface area contributed by atoms with E-state index in [9.17, 15) is 0 Å². The van der Waals surface area contributed by atoms with Crippen LogP contribution >= 0.6 is 0 Å². The summed E-state index contributed by atoms with van der Waals surface area (Å²) < 4.78 is 0. The van der Waals surface area contributed by atoms with Crippen LogP contribution in [0.15, 0.2) is 12.2 Å². The zero-order chi connectivity index (χ0) is 15.6. The maximum atomic E-state index is 2.50. The molecule has 0 aromatic carbocycles. The Morgan fingerprint density at radius 1 is 0.905 bits per heavy atom. The van der Waals surface area contributed by atoms with E-state index in [0.29, 0.717) is 0 Å².